The maximum Gasteiger partial charge on any atom is 0.140 e. The molecule has 0 radical (unpaired) electrons. The predicted molar refractivity (Wildman–Crippen MR) is 43.4 cm³/mol. The van der Waals surface area contributed by atoms with Crippen LogP contribution in [0.25, 0.3) is 0 Å². The van der Waals surface area contributed by atoms with Crippen molar-refractivity contribution >= 4 is 22.1 Å². The number of hydrogen-bond acceptors (Lipinski definition) is 2. The predicted octanol–water partition coefficient (Wildman–Crippen LogP) is 2.54. The third-order valence-electron chi connectivity index (χ3n) is 1.24. The van der Waals surface area contributed by atoms with E-state index in [0.717, 1.165) is 6.21 Å². The number of hydrogen-bond donors (Lipinski definition) is 1. The maximum atomic E-state index is 12.8. The van der Waals surface area contributed by atoms with Crippen LogP contribution in [0.5, 0.6) is 0 Å². The average Bonchev–Trinajstić information content (AvgIpc) is 2.01. The summed E-state index contributed by atoms with van der Waals surface area (Å²) in [6, 6.07) is 1.89. The first kappa shape index (κ1) is 9.12. The third kappa shape index (κ3) is 1.79. The molecule has 0 unspecified atom stereocenters. The van der Waals surface area contributed by atoms with Crippen molar-refractivity contribution in [2.24, 2.45) is 5.16 Å². The van der Waals surface area contributed by atoms with E-state index in [1.807, 2.05) is 0 Å². The van der Waals surface area contributed by atoms with Crippen LogP contribution >= 0.6 is 15.9 Å². The summed E-state index contributed by atoms with van der Waals surface area (Å²) in [5.41, 5.74) is 0.0192. The monoisotopic (exact) mass is 235 g/mol. The topological polar surface area (TPSA) is 32.6 Å². The lowest BCUT2D eigenvalue weighted by atomic mass is 10.2. The van der Waals surface area contributed by atoms with Gasteiger partial charge >= 0.3 is 0 Å². The van der Waals surface area contributed by atoms with Crippen LogP contribution in [-0.4, -0.2) is 11.4 Å². The molecule has 1 N–H and O–H groups in total. The van der Waals surface area contributed by atoms with Gasteiger partial charge in [-0.15, -0.1) is 0 Å². The fourth-order valence-electron chi connectivity index (χ4n) is 0.699. The first-order valence-electron chi connectivity index (χ1n) is 2.97. The fraction of sp³-hybridized carbons (Fsp3) is 0. The van der Waals surface area contributed by atoms with E-state index in [-0.39, 0.29) is 10.0 Å². The molecule has 64 valence electrons. The van der Waals surface area contributed by atoms with Crippen molar-refractivity contribution in [1.29, 1.82) is 0 Å². The second kappa shape index (κ2) is 3.62. The number of oxime groups is 1. The summed E-state index contributed by atoms with van der Waals surface area (Å²) in [4.78, 5) is 0. The van der Waals surface area contributed by atoms with E-state index in [0.29, 0.717) is 6.07 Å². The highest BCUT2D eigenvalue weighted by molar-refractivity contribution is 9.10. The second-order valence-electron chi connectivity index (χ2n) is 2.03. The molecular weight excluding hydrogens is 232 g/mol. The minimum atomic E-state index is -0.770. The van der Waals surface area contributed by atoms with E-state index in [1.54, 1.807) is 0 Å². The zero-order valence-electron chi connectivity index (χ0n) is 5.76. The van der Waals surface area contributed by atoms with Gasteiger partial charge in [0.15, 0.2) is 0 Å². The molecule has 0 aromatic heterocycles. The van der Waals surface area contributed by atoms with Gasteiger partial charge in [0.25, 0.3) is 0 Å². The van der Waals surface area contributed by atoms with Crippen LogP contribution in [0.15, 0.2) is 21.8 Å². The summed E-state index contributed by atoms with van der Waals surface area (Å²) in [5, 5.41) is 10.7. The molecule has 2 nitrogen and oxygen atoms in total. The number of rotatable bonds is 1. The molecule has 0 saturated carbocycles. The van der Waals surface area contributed by atoms with Gasteiger partial charge in [-0.25, -0.2) is 8.78 Å². The van der Waals surface area contributed by atoms with Crippen molar-refractivity contribution in [1.82, 2.24) is 0 Å². The molecule has 0 aliphatic heterocycles. The largest absolute Gasteiger partial charge is 0.411 e. The molecule has 0 bridgehead atoms. The minimum Gasteiger partial charge on any atom is -0.411 e. The first-order valence-corrected chi connectivity index (χ1v) is 3.76. The van der Waals surface area contributed by atoms with Crippen LogP contribution in [0.2, 0.25) is 0 Å². The van der Waals surface area contributed by atoms with Gasteiger partial charge in [-0.2, -0.15) is 0 Å². The van der Waals surface area contributed by atoms with Crippen LogP contribution in [0.4, 0.5) is 8.78 Å². The molecule has 0 amide bonds. The standard InChI is InChI=1S/C7H4BrF2NO/c8-5-1-4(3-11-12)6(9)2-7(5)10/h1-3,12H/b11-3+. The molecule has 5 heteroatoms. The Morgan fingerprint density at radius 3 is 2.58 bits per heavy atom. The van der Waals surface area contributed by atoms with Gasteiger partial charge in [-0.05, 0) is 22.0 Å². The highest BCUT2D eigenvalue weighted by Gasteiger charge is 2.05. The number of nitrogens with zero attached hydrogens (tertiary/aromatic N) is 1. The molecule has 1 aromatic rings. The Morgan fingerprint density at radius 2 is 2.00 bits per heavy atom. The summed E-state index contributed by atoms with van der Waals surface area (Å²) < 4.78 is 25.5. The van der Waals surface area contributed by atoms with Gasteiger partial charge < -0.3 is 5.21 Å². The van der Waals surface area contributed by atoms with Crippen molar-refractivity contribution in [2.75, 3.05) is 0 Å². The zero-order valence-corrected chi connectivity index (χ0v) is 7.35. The van der Waals surface area contributed by atoms with Crippen LogP contribution in [0.3, 0.4) is 0 Å². The highest BCUT2D eigenvalue weighted by atomic mass is 79.9. The highest BCUT2D eigenvalue weighted by Crippen LogP contribution is 2.18. The number of halogens is 3. The van der Waals surface area contributed by atoms with Crippen LogP contribution in [0, 0.1) is 11.6 Å². The third-order valence-corrected chi connectivity index (χ3v) is 1.84. The van der Waals surface area contributed by atoms with Crippen LogP contribution in [0.1, 0.15) is 5.56 Å². The molecule has 0 spiro atoms. The van der Waals surface area contributed by atoms with Crippen LogP contribution < -0.4 is 0 Å². The van der Waals surface area contributed by atoms with E-state index < -0.39 is 11.6 Å². The SMILES string of the molecule is O/N=C/c1cc(Br)c(F)cc1F. The Hall–Kier alpha value is -0.970. The number of benzene rings is 1. The molecule has 12 heavy (non-hydrogen) atoms. The molecule has 0 aliphatic carbocycles. The smallest absolute Gasteiger partial charge is 0.140 e. The summed E-state index contributed by atoms with van der Waals surface area (Å²) in [6.07, 6.45) is 0.888. The molecule has 0 aliphatic rings. The van der Waals surface area contributed by atoms with Crippen LogP contribution in [-0.2, 0) is 0 Å². The fourth-order valence-corrected chi connectivity index (χ4v) is 1.06. The molecule has 0 atom stereocenters. The molecule has 0 fully saturated rings. The quantitative estimate of drug-likeness (QED) is 0.345. The van der Waals surface area contributed by atoms with Gasteiger partial charge in [-0.3, -0.25) is 0 Å². The zero-order chi connectivity index (χ0) is 9.14. The van der Waals surface area contributed by atoms with Crippen molar-refractivity contribution in [3.05, 3.63) is 33.8 Å². The molecule has 1 rings (SSSR count). The van der Waals surface area contributed by atoms with Gasteiger partial charge in [0, 0.05) is 11.6 Å². The summed E-state index contributed by atoms with van der Waals surface area (Å²) >= 11 is 2.87. The normalized spacial score (nSPS) is 10.9. The Bertz CT molecular complexity index is 327. The van der Waals surface area contributed by atoms with E-state index in [1.165, 1.54) is 6.07 Å². The van der Waals surface area contributed by atoms with Crippen molar-refractivity contribution in [3.8, 4) is 0 Å². The second-order valence-corrected chi connectivity index (χ2v) is 2.89. The maximum absolute atomic E-state index is 12.8. The van der Waals surface area contributed by atoms with Gasteiger partial charge in [0.2, 0.25) is 0 Å². The van der Waals surface area contributed by atoms with E-state index in [2.05, 4.69) is 21.1 Å². The Morgan fingerprint density at radius 1 is 1.33 bits per heavy atom. The van der Waals surface area contributed by atoms with Crippen molar-refractivity contribution < 1.29 is 14.0 Å². The van der Waals surface area contributed by atoms with Crippen molar-refractivity contribution in [3.63, 3.8) is 0 Å². The Labute approximate surface area is 75.6 Å². The van der Waals surface area contributed by atoms with Gasteiger partial charge in [-0.1, -0.05) is 5.16 Å². The van der Waals surface area contributed by atoms with Gasteiger partial charge in [0.05, 0.1) is 10.7 Å². The summed E-state index contributed by atoms with van der Waals surface area (Å²) in [6.45, 7) is 0. The lowest BCUT2D eigenvalue weighted by molar-refractivity contribution is 0.321. The average molecular weight is 236 g/mol. The van der Waals surface area contributed by atoms with Gasteiger partial charge in [0.1, 0.15) is 11.6 Å². The molecule has 0 heterocycles. The lowest BCUT2D eigenvalue weighted by Gasteiger charge is -1.97. The summed E-state index contributed by atoms with van der Waals surface area (Å²) in [5.74, 6) is -1.46. The lowest BCUT2D eigenvalue weighted by Crippen LogP contribution is -1.90. The Balaban J connectivity index is 3.23. The van der Waals surface area contributed by atoms with E-state index in [4.69, 9.17) is 5.21 Å². The molecule has 1 aromatic carbocycles. The Kier molecular flexibility index (Phi) is 2.75. The minimum absolute atomic E-state index is 0.0192. The molecule has 0 saturated heterocycles. The first-order chi connectivity index (χ1) is 5.65. The summed E-state index contributed by atoms with van der Waals surface area (Å²) in [7, 11) is 0. The molecular formula is C7H4BrF2NO. The van der Waals surface area contributed by atoms with Crippen molar-refractivity contribution in [2.45, 2.75) is 0 Å². The van der Waals surface area contributed by atoms with E-state index in [9.17, 15) is 8.78 Å². The van der Waals surface area contributed by atoms with E-state index >= 15 is 0 Å².